The van der Waals surface area contributed by atoms with Gasteiger partial charge in [-0.05, 0) is 52.0 Å². The molecule has 1 saturated heterocycles. The van der Waals surface area contributed by atoms with Crippen molar-refractivity contribution in [3.63, 3.8) is 0 Å². The summed E-state index contributed by atoms with van der Waals surface area (Å²) in [6, 6.07) is 0. The zero-order valence-electron chi connectivity index (χ0n) is 17.4. The van der Waals surface area contributed by atoms with Crippen molar-refractivity contribution in [1.82, 2.24) is 0 Å². The number of ether oxygens (including phenoxy) is 1. The van der Waals surface area contributed by atoms with Crippen LogP contribution in [0.2, 0.25) is 0 Å². The number of aliphatic hydroxyl groups excluding tert-OH is 3. The second-order valence-corrected chi connectivity index (χ2v) is 8.16. The first-order valence-electron chi connectivity index (χ1n) is 10.0. The highest BCUT2D eigenvalue weighted by Gasteiger charge is 2.37. The van der Waals surface area contributed by atoms with Gasteiger partial charge in [0.2, 0.25) is 0 Å². The summed E-state index contributed by atoms with van der Waals surface area (Å²) in [4.78, 5) is 11.0. The number of allylic oxidation sites excluding steroid dienone is 4. The van der Waals surface area contributed by atoms with Crippen molar-refractivity contribution in [2.45, 2.75) is 96.7 Å². The number of aliphatic hydroxyl groups is 3. The van der Waals surface area contributed by atoms with E-state index in [0.717, 1.165) is 17.6 Å². The summed E-state index contributed by atoms with van der Waals surface area (Å²) in [6.07, 6.45) is 5.85. The molecule has 0 aliphatic carbocycles. The molecule has 5 atom stereocenters. The fourth-order valence-electron chi connectivity index (χ4n) is 3.11. The Morgan fingerprint density at radius 3 is 2.54 bits per heavy atom. The number of hydrogen-bond acceptors (Lipinski definition) is 5. The minimum atomic E-state index is -0.805. The largest absolute Gasteiger partial charge is 0.390 e. The van der Waals surface area contributed by atoms with Crippen LogP contribution < -0.4 is 0 Å². The predicted octanol–water partition coefficient (Wildman–Crippen LogP) is 3.80. The Hall–Kier alpha value is -0.980. The van der Waals surface area contributed by atoms with Crippen LogP contribution in [-0.2, 0) is 9.53 Å². The third-order valence-electron chi connectivity index (χ3n) is 5.07. The smallest absolute Gasteiger partial charge is 0.132 e. The van der Waals surface area contributed by atoms with Crippen LogP contribution in [0.3, 0.4) is 0 Å². The van der Waals surface area contributed by atoms with Gasteiger partial charge in [0.25, 0.3) is 0 Å². The monoisotopic (exact) mass is 414 g/mol. The van der Waals surface area contributed by atoms with Gasteiger partial charge in [-0.2, -0.15) is 0 Å². The van der Waals surface area contributed by atoms with Crippen molar-refractivity contribution in [3.05, 3.63) is 34.4 Å². The molecule has 1 fully saturated rings. The van der Waals surface area contributed by atoms with Crippen LogP contribution in [0.1, 0.15) is 66.2 Å². The molecule has 160 valence electrons. The molecule has 5 nitrogen and oxygen atoms in total. The number of rotatable bonds is 11. The van der Waals surface area contributed by atoms with Crippen molar-refractivity contribution in [2.75, 3.05) is 0 Å². The Labute approximate surface area is 173 Å². The summed E-state index contributed by atoms with van der Waals surface area (Å²) in [7, 11) is 0. The zero-order chi connectivity index (χ0) is 21.3. The highest BCUT2D eigenvalue weighted by molar-refractivity contribution is 6.29. The molecule has 1 unspecified atom stereocenters. The summed E-state index contributed by atoms with van der Waals surface area (Å²) < 4.78 is 5.84. The quantitative estimate of drug-likeness (QED) is 0.447. The maximum atomic E-state index is 11.0. The number of ketones is 1. The highest BCUT2D eigenvalue weighted by Crippen LogP contribution is 2.28. The summed E-state index contributed by atoms with van der Waals surface area (Å²) in [6.45, 7) is 7.22. The number of halogens is 1. The van der Waals surface area contributed by atoms with E-state index in [2.05, 4.69) is 0 Å². The van der Waals surface area contributed by atoms with Crippen LogP contribution in [0, 0.1) is 0 Å². The molecular weight excluding hydrogens is 380 g/mol. The minimum absolute atomic E-state index is 0.0451. The van der Waals surface area contributed by atoms with Gasteiger partial charge in [-0.15, -0.1) is 0 Å². The Kier molecular flexibility index (Phi) is 11.2. The Bertz CT molecular complexity index is 596. The third kappa shape index (κ3) is 9.01. The van der Waals surface area contributed by atoms with Crippen LogP contribution in [-0.4, -0.2) is 51.6 Å². The maximum absolute atomic E-state index is 11.0. The summed E-state index contributed by atoms with van der Waals surface area (Å²) in [5, 5.41) is 31.0. The zero-order valence-corrected chi connectivity index (χ0v) is 18.2. The average Bonchev–Trinajstić information content (AvgIpc) is 2.99. The van der Waals surface area contributed by atoms with Crippen molar-refractivity contribution >= 4 is 17.4 Å². The van der Waals surface area contributed by atoms with Crippen molar-refractivity contribution in [2.24, 2.45) is 0 Å². The van der Waals surface area contributed by atoms with Crippen LogP contribution >= 0.6 is 11.6 Å². The molecule has 28 heavy (non-hydrogen) atoms. The normalized spacial score (nSPS) is 26.4. The first-order valence-corrected chi connectivity index (χ1v) is 10.4. The van der Waals surface area contributed by atoms with Gasteiger partial charge < -0.3 is 20.1 Å². The van der Waals surface area contributed by atoms with Gasteiger partial charge in [0.05, 0.1) is 18.3 Å². The standard InChI is InChI=1S/C22H35ClO5/c1-5-14(2)11-20(26)22-21(27)13-18(28-22)10-9-17(23)8-6-7-15(3)19(25)12-16(4)24/h7-8,11,18-22,25-27H,5-6,9-10,12-13H2,1-4H3/b14-11+,15-7-,17-8-/t18-,19?,20-,21-,22-/m0/s1. The second kappa shape index (κ2) is 12.6. The van der Waals surface area contributed by atoms with Gasteiger partial charge in [-0.25, -0.2) is 0 Å². The van der Waals surface area contributed by atoms with E-state index < -0.39 is 24.4 Å². The van der Waals surface area contributed by atoms with Gasteiger partial charge in [-0.1, -0.05) is 42.3 Å². The third-order valence-corrected chi connectivity index (χ3v) is 5.42. The molecule has 0 aromatic carbocycles. The lowest BCUT2D eigenvalue weighted by Gasteiger charge is -2.19. The SMILES string of the molecule is CC/C(C)=C/[C@H](O)[C@@H]1O[C@@H](CC/C(Cl)=C/C/C=C(/C)C(O)CC(C)=O)C[C@@H]1O. The fourth-order valence-corrected chi connectivity index (χ4v) is 3.31. The van der Waals surface area contributed by atoms with Crippen LogP contribution in [0.15, 0.2) is 34.4 Å². The molecule has 0 amide bonds. The molecular formula is C22H35ClO5. The van der Waals surface area contributed by atoms with Gasteiger partial charge in [0.15, 0.2) is 0 Å². The molecule has 1 rings (SSSR count). The van der Waals surface area contributed by atoms with E-state index in [1.807, 2.05) is 26.0 Å². The van der Waals surface area contributed by atoms with E-state index in [1.54, 1.807) is 13.0 Å². The van der Waals surface area contributed by atoms with Gasteiger partial charge in [-0.3, -0.25) is 4.79 Å². The lowest BCUT2D eigenvalue weighted by atomic mass is 10.0. The van der Waals surface area contributed by atoms with E-state index in [0.29, 0.717) is 30.7 Å². The number of hydrogen-bond donors (Lipinski definition) is 3. The van der Waals surface area contributed by atoms with Gasteiger partial charge in [0, 0.05) is 17.9 Å². The molecule has 0 bridgehead atoms. The molecule has 3 N–H and O–H groups in total. The van der Waals surface area contributed by atoms with Gasteiger partial charge in [0.1, 0.15) is 18.0 Å². The highest BCUT2D eigenvalue weighted by atomic mass is 35.5. The fraction of sp³-hybridized carbons (Fsp3) is 0.682. The molecule has 0 spiro atoms. The van der Waals surface area contributed by atoms with E-state index >= 15 is 0 Å². The summed E-state index contributed by atoms with van der Waals surface area (Å²) in [5.41, 5.74) is 1.82. The number of carbonyl (C=O) groups is 1. The summed E-state index contributed by atoms with van der Waals surface area (Å²) >= 11 is 6.27. The number of carbonyl (C=O) groups excluding carboxylic acids is 1. The van der Waals surface area contributed by atoms with E-state index in [4.69, 9.17) is 16.3 Å². The molecule has 0 aromatic heterocycles. The van der Waals surface area contributed by atoms with E-state index in [9.17, 15) is 20.1 Å². The molecule has 1 aliphatic rings. The number of Topliss-reactive ketones (excluding diaryl/α,β-unsaturated/α-hetero) is 1. The van der Waals surface area contributed by atoms with Crippen molar-refractivity contribution in [3.8, 4) is 0 Å². The first kappa shape index (κ1) is 25.1. The summed E-state index contributed by atoms with van der Waals surface area (Å²) in [5.74, 6) is -0.0451. The van der Waals surface area contributed by atoms with Crippen LogP contribution in [0.5, 0.6) is 0 Å². The average molecular weight is 415 g/mol. The van der Waals surface area contributed by atoms with E-state index in [-0.39, 0.29) is 18.3 Å². The lowest BCUT2D eigenvalue weighted by Crippen LogP contribution is -2.33. The molecule has 6 heteroatoms. The first-order chi connectivity index (χ1) is 13.1. The Morgan fingerprint density at radius 1 is 1.25 bits per heavy atom. The molecule has 0 radical (unpaired) electrons. The maximum Gasteiger partial charge on any atom is 0.132 e. The van der Waals surface area contributed by atoms with Crippen LogP contribution in [0.4, 0.5) is 0 Å². The molecule has 1 aliphatic heterocycles. The van der Waals surface area contributed by atoms with Gasteiger partial charge >= 0.3 is 0 Å². The van der Waals surface area contributed by atoms with Crippen molar-refractivity contribution < 1.29 is 24.9 Å². The van der Waals surface area contributed by atoms with E-state index in [1.165, 1.54) is 6.92 Å². The lowest BCUT2D eigenvalue weighted by molar-refractivity contribution is -0.118. The molecule has 1 heterocycles. The Morgan fingerprint density at radius 2 is 1.93 bits per heavy atom. The second-order valence-electron chi connectivity index (χ2n) is 7.68. The van der Waals surface area contributed by atoms with Crippen LogP contribution in [0.25, 0.3) is 0 Å². The topological polar surface area (TPSA) is 87.0 Å². The minimum Gasteiger partial charge on any atom is -0.390 e. The Balaban J connectivity index is 2.45. The van der Waals surface area contributed by atoms with Crippen molar-refractivity contribution in [1.29, 1.82) is 0 Å². The molecule has 0 aromatic rings. The predicted molar refractivity (Wildman–Crippen MR) is 112 cm³/mol. The molecule has 0 saturated carbocycles.